The van der Waals surface area contributed by atoms with E-state index in [4.69, 9.17) is 4.74 Å². The number of fused-ring (bicyclic) bond motifs is 1. The molecule has 0 aliphatic heterocycles. The third kappa shape index (κ3) is 8.89. The summed E-state index contributed by atoms with van der Waals surface area (Å²) in [6.07, 6.45) is -2.86. The molecule has 0 aromatic heterocycles. The summed E-state index contributed by atoms with van der Waals surface area (Å²) in [7, 11) is 0. The van der Waals surface area contributed by atoms with Gasteiger partial charge in [-0.2, -0.15) is 22.0 Å². The standard InChI is InChI=1S/C33H35F5O4S/c34-32(35,33(36,37)38)18-5-21-43(41)20-3-1-2-19-42-28-15-10-24(11-16-28)31-29(23-8-12-26(39)13-9-23)7-4-6-25-22-27(40)14-17-30(25)31/h8-17,22,39-40H,1-7,18-21H2. The highest BCUT2D eigenvalue weighted by Crippen LogP contribution is 2.41. The Morgan fingerprint density at radius 3 is 2.09 bits per heavy atom. The van der Waals surface area contributed by atoms with Crippen molar-refractivity contribution in [1.29, 1.82) is 0 Å². The van der Waals surface area contributed by atoms with Gasteiger partial charge < -0.3 is 19.5 Å². The number of hydrogen-bond donors (Lipinski definition) is 2. The van der Waals surface area contributed by atoms with E-state index in [9.17, 15) is 36.7 Å². The molecule has 1 unspecified atom stereocenters. The molecule has 0 fully saturated rings. The summed E-state index contributed by atoms with van der Waals surface area (Å²) in [5.41, 5.74) is 6.38. The fourth-order valence-electron chi connectivity index (χ4n) is 5.20. The van der Waals surface area contributed by atoms with Gasteiger partial charge in [0.2, 0.25) is 0 Å². The number of rotatable bonds is 13. The number of benzene rings is 3. The first-order chi connectivity index (χ1) is 20.4. The Morgan fingerprint density at radius 1 is 0.744 bits per heavy atom. The summed E-state index contributed by atoms with van der Waals surface area (Å²) in [5, 5.41) is 19.9. The summed E-state index contributed by atoms with van der Waals surface area (Å²) >= 11 is -1.44. The molecule has 4 nitrogen and oxygen atoms in total. The van der Waals surface area contributed by atoms with Crippen LogP contribution in [-0.2, 0) is 17.6 Å². The monoisotopic (exact) mass is 622 g/mol. The molecule has 0 bridgehead atoms. The van der Waals surface area contributed by atoms with Crippen molar-refractivity contribution < 1.29 is 41.5 Å². The molecule has 4 rings (SSSR count). The average Bonchev–Trinajstić information content (AvgIpc) is 3.14. The Labute approximate surface area is 251 Å². The molecule has 0 radical (unpaired) electrons. The number of unbranched alkanes of at least 4 members (excludes halogenated alkanes) is 2. The highest BCUT2D eigenvalue weighted by molar-refractivity contribution is 7.91. The number of allylic oxidation sites excluding steroid dienone is 1. The Bertz CT molecular complexity index is 1370. The van der Waals surface area contributed by atoms with Gasteiger partial charge >= 0.3 is 12.1 Å². The first kappa shape index (κ1) is 32.7. The largest absolute Gasteiger partial charge is 0.616 e. The SMILES string of the molecule is [O-][S+](CCCCCOc1ccc(C2=C(c3ccc(O)cc3)CCCc3cc(O)ccc32)cc1)CCCC(F)(F)C(F)(F)F. The van der Waals surface area contributed by atoms with E-state index >= 15 is 0 Å². The Kier molecular flexibility index (Phi) is 11.0. The van der Waals surface area contributed by atoms with Gasteiger partial charge in [0.1, 0.15) is 28.8 Å². The molecule has 0 heterocycles. The van der Waals surface area contributed by atoms with E-state index in [1.54, 1.807) is 18.2 Å². The third-order valence-corrected chi connectivity index (χ3v) is 8.94. The van der Waals surface area contributed by atoms with Gasteiger partial charge in [-0.05, 0) is 115 Å². The predicted octanol–water partition coefficient (Wildman–Crippen LogP) is 8.67. The van der Waals surface area contributed by atoms with Crippen LogP contribution in [0.25, 0.3) is 11.1 Å². The first-order valence-corrected chi connectivity index (χ1v) is 15.8. The van der Waals surface area contributed by atoms with Crippen molar-refractivity contribution in [3.8, 4) is 17.2 Å². The molecule has 3 aromatic carbocycles. The first-order valence-electron chi connectivity index (χ1n) is 14.3. The zero-order valence-corrected chi connectivity index (χ0v) is 24.5. The quantitative estimate of drug-likeness (QED) is 0.114. The van der Waals surface area contributed by atoms with Crippen LogP contribution in [0.4, 0.5) is 22.0 Å². The number of aromatic hydroxyl groups is 2. The minimum atomic E-state index is -5.58. The lowest BCUT2D eigenvalue weighted by Crippen LogP contribution is -2.36. The molecule has 1 aliphatic rings. The Morgan fingerprint density at radius 2 is 1.40 bits per heavy atom. The van der Waals surface area contributed by atoms with Crippen LogP contribution >= 0.6 is 0 Å². The fourth-order valence-corrected chi connectivity index (χ4v) is 6.40. The van der Waals surface area contributed by atoms with Crippen LogP contribution in [0.2, 0.25) is 0 Å². The maximum atomic E-state index is 13.0. The zero-order valence-electron chi connectivity index (χ0n) is 23.6. The van der Waals surface area contributed by atoms with Crippen LogP contribution in [0.3, 0.4) is 0 Å². The van der Waals surface area contributed by atoms with Crippen molar-refractivity contribution in [3.05, 3.63) is 89.0 Å². The van der Waals surface area contributed by atoms with Crippen molar-refractivity contribution in [2.24, 2.45) is 0 Å². The maximum Gasteiger partial charge on any atom is 0.453 e. The second-order valence-corrected chi connectivity index (χ2v) is 12.4. The number of aryl methyl sites for hydroxylation is 1. The smallest absolute Gasteiger partial charge is 0.453 e. The molecule has 3 aromatic rings. The molecule has 10 heteroatoms. The molecule has 43 heavy (non-hydrogen) atoms. The third-order valence-electron chi connectivity index (χ3n) is 7.45. The second kappa shape index (κ2) is 14.5. The van der Waals surface area contributed by atoms with Gasteiger partial charge in [0.25, 0.3) is 0 Å². The van der Waals surface area contributed by atoms with Gasteiger partial charge in [-0.1, -0.05) is 41.5 Å². The molecule has 0 spiro atoms. The minimum Gasteiger partial charge on any atom is -0.616 e. The van der Waals surface area contributed by atoms with E-state index in [1.165, 1.54) is 0 Å². The van der Waals surface area contributed by atoms with Crippen LogP contribution in [0.5, 0.6) is 17.2 Å². The Balaban J connectivity index is 1.32. The minimum absolute atomic E-state index is 0.176. The molecule has 2 N–H and O–H groups in total. The summed E-state index contributed by atoms with van der Waals surface area (Å²) in [6, 6.07) is 20.4. The van der Waals surface area contributed by atoms with Crippen molar-refractivity contribution >= 4 is 22.3 Å². The molecule has 1 aliphatic carbocycles. The molecule has 0 saturated carbocycles. The number of ether oxygens (including phenoxy) is 1. The average molecular weight is 623 g/mol. The molecular formula is C33H35F5O4S. The van der Waals surface area contributed by atoms with E-state index in [-0.39, 0.29) is 23.0 Å². The lowest BCUT2D eigenvalue weighted by molar-refractivity contribution is -0.284. The molecule has 0 amide bonds. The topological polar surface area (TPSA) is 72.8 Å². The highest BCUT2D eigenvalue weighted by Gasteiger charge is 2.56. The van der Waals surface area contributed by atoms with E-state index in [0.717, 1.165) is 52.7 Å². The molecule has 1 atom stereocenters. The van der Waals surface area contributed by atoms with E-state index < -0.39 is 36.1 Å². The highest BCUT2D eigenvalue weighted by atomic mass is 32.2. The summed E-state index contributed by atoms with van der Waals surface area (Å²) < 4.78 is 80.4. The lowest BCUT2D eigenvalue weighted by atomic mass is 9.88. The van der Waals surface area contributed by atoms with Gasteiger partial charge in [-0.25, -0.2) is 0 Å². The number of hydrogen-bond acceptors (Lipinski definition) is 4. The molecular weight excluding hydrogens is 587 g/mol. The number of halogens is 5. The van der Waals surface area contributed by atoms with E-state index in [1.807, 2.05) is 48.5 Å². The summed E-state index contributed by atoms with van der Waals surface area (Å²) in [5.74, 6) is -3.55. The molecule has 232 valence electrons. The predicted molar refractivity (Wildman–Crippen MR) is 159 cm³/mol. The maximum absolute atomic E-state index is 13.0. The second-order valence-electron chi connectivity index (χ2n) is 10.7. The van der Waals surface area contributed by atoms with Gasteiger partial charge in [-0.15, -0.1) is 0 Å². The van der Waals surface area contributed by atoms with Gasteiger partial charge in [0, 0.05) is 6.42 Å². The number of phenolic OH excluding ortho intramolecular Hbond substituents is 2. The Hall–Kier alpha value is -3.24. The summed E-state index contributed by atoms with van der Waals surface area (Å²) in [4.78, 5) is 0. The van der Waals surface area contributed by atoms with Crippen molar-refractivity contribution in [2.75, 3.05) is 18.1 Å². The van der Waals surface area contributed by atoms with Crippen LogP contribution < -0.4 is 4.74 Å². The number of alkyl halides is 5. The lowest BCUT2D eigenvalue weighted by Gasteiger charge is -2.19. The van der Waals surface area contributed by atoms with Crippen LogP contribution in [0.15, 0.2) is 66.7 Å². The summed E-state index contributed by atoms with van der Waals surface area (Å²) in [6.45, 7) is 0.424. The van der Waals surface area contributed by atoms with Crippen molar-refractivity contribution in [1.82, 2.24) is 0 Å². The van der Waals surface area contributed by atoms with Crippen molar-refractivity contribution in [2.45, 2.75) is 63.5 Å². The van der Waals surface area contributed by atoms with Crippen LogP contribution in [-0.4, -0.2) is 45.0 Å². The normalized spacial score (nSPS) is 14.7. The van der Waals surface area contributed by atoms with E-state index in [2.05, 4.69) is 0 Å². The van der Waals surface area contributed by atoms with Gasteiger partial charge in [0.15, 0.2) is 0 Å². The van der Waals surface area contributed by atoms with E-state index in [0.29, 0.717) is 31.6 Å². The fraction of sp³-hybridized carbons (Fsp3) is 0.394. The van der Waals surface area contributed by atoms with Crippen LogP contribution in [0, 0.1) is 0 Å². The van der Waals surface area contributed by atoms with Gasteiger partial charge in [-0.3, -0.25) is 0 Å². The van der Waals surface area contributed by atoms with Crippen LogP contribution in [0.1, 0.15) is 67.2 Å². The zero-order chi connectivity index (χ0) is 31.0. The number of phenols is 2. The van der Waals surface area contributed by atoms with Crippen molar-refractivity contribution in [3.63, 3.8) is 0 Å². The van der Waals surface area contributed by atoms with Gasteiger partial charge in [0.05, 0.1) is 6.61 Å². The molecule has 0 saturated heterocycles.